The summed E-state index contributed by atoms with van der Waals surface area (Å²) in [5, 5.41) is 0. The minimum Gasteiger partial charge on any atom is -0.309 e. The van der Waals surface area contributed by atoms with E-state index in [0.29, 0.717) is 18.5 Å². The highest BCUT2D eigenvalue weighted by Gasteiger charge is 2.28. The van der Waals surface area contributed by atoms with E-state index in [9.17, 15) is 13.6 Å². The molecule has 0 spiro atoms. The molecule has 0 saturated carbocycles. The molecule has 150 valence electrons. The average Bonchev–Trinajstić information content (AvgIpc) is 2.73. The van der Waals surface area contributed by atoms with Crippen LogP contribution in [-0.2, 0) is 17.8 Å². The number of hydrogen-bond acceptors (Lipinski definition) is 2. The van der Waals surface area contributed by atoms with Crippen molar-refractivity contribution < 1.29 is 13.6 Å². The Morgan fingerprint density at radius 2 is 1.75 bits per heavy atom. The average molecular weight is 386 g/mol. The van der Waals surface area contributed by atoms with Gasteiger partial charge in [0, 0.05) is 43.3 Å². The maximum absolute atomic E-state index is 13.9. The van der Waals surface area contributed by atoms with Crippen LogP contribution in [0.5, 0.6) is 0 Å². The quantitative estimate of drug-likeness (QED) is 0.702. The third-order valence-electron chi connectivity index (χ3n) is 5.54. The predicted molar refractivity (Wildman–Crippen MR) is 108 cm³/mol. The fourth-order valence-electron chi connectivity index (χ4n) is 3.87. The van der Waals surface area contributed by atoms with Crippen molar-refractivity contribution in [3.05, 3.63) is 65.2 Å². The first-order valence-corrected chi connectivity index (χ1v) is 10.1. The summed E-state index contributed by atoms with van der Waals surface area (Å²) in [4.78, 5) is 16.7. The van der Waals surface area contributed by atoms with Gasteiger partial charge in [0.05, 0.1) is 0 Å². The van der Waals surface area contributed by atoms with Crippen molar-refractivity contribution >= 4 is 11.6 Å². The Hall–Kier alpha value is -2.27. The molecule has 3 rings (SSSR count). The normalized spacial score (nSPS) is 15.6. The van der Waals surface area contributed by atoms with E-state index in [2.05, 4.69) is 24.0 Å². The molecule has 0 unspecified atom stereocenters. The molecule has 0 aliphatic carbocycles. The zero-order valence-electron chi connectivity index (χ0n) is 16.6. The Kier molecular flexibility index (Phi) is 6.79. The number of amides is 1. The summed E-state index contributed by atoms with van der Waals surface area (Å²) in [6.45, 7) is 5.89. The molecule has 28 heavy (non-hydrogen) atoms. The number of carbonyl (C=O) groups is 1. The summed E-state index contributed by atoms with van der Waals surface area (Å²) in [5.74, 6) is -1.44. The molecule has 0 bridgehead atoms. The third kappa shape index (κ3) is 4.58. The van der Waals surface area contributed by atoms with Crippen molar-refractivity contribution in [1.82, 2.24) is 4.90 Å². The van der Waals surface area contributed by atoms with Crippen molar-refractivity contribution in [2.45, 2.75) is 52.1 Å². The molecule has 0 radical (unpaired) electrons. The van der Waals surface area contributed by atoms with Crippen LogP contribution in [0.15, 0.2) is 42.5 Å². The molecular formula is C23H28F2N2O. The van der Waals surface area contributed by atoms with Crippen LogP contribution in [0.3, 0.4) is 0 Å². The van der Waals surface area contributed by atoms with Crippen LogP contribution in [-0.4, -0.2) is 29.9 Å². The van der Waals surface area contributed by atoms with Crippen LogP contribution >= 0.6 is 0 Å². The minimum atomic E-state index is -0.803. The lowest BCUT2D eigenvalue weighted by atomic mass is 10.0. The number of aryl methyl sites for hydroxylation is 1. The monoisotopic (exact) mass is 386 g/mol. The van der Waals surface area contributed by atoms with Gasteiger partial charge in [-0.3, -0.25) is 9.69 Å². The van der Waals surface area contributed by atoms with Gasteiger partial charge in [0.15, 0.2) is 11.6 Å². The Balaban J connectivity index is 1.68. The number of hydrogen-bond donors (Lipinski definition) is 0. The molecular weight excluding hydrogens is 358 g/mol. The molecule has 1 amide bonds. The maximum atomic E-state index is 13.9. The van der Waals surface area contributed by atoms with E-state index in [1.54, 1.807) is 12.1 Å². The molecule has 1 heterocycles. The first-order chi connectivity index (χ1) is 13.5. The number of rotatable bonds is 6. The fraction of sp³-hybridized carbons (Fsp3) is 0.435. The van der Waals surface area contributed by atoms with Gasteiger partial charge in [-0.15, -0.1) is 0 Å². The van der Waals surface area contributed by atoms with Gasteiger partial charge in [-0.2, -0.15) is 0 Å². The van der Waals surface area contributed by atoms with Crippen LogP contribution < -0.4 is 4.90 Å². The highest BCUT2D eigenvalue weighted by molar-refractivity contribution is 5.93. The van der Waals surface area contributed by atoms with Gasteiger partial charge in [0.25, 0.3) is 0 Å². The third-order valence-corrected chi connectivity index (χ3v) is 5.54. The highest BCUT2D eigenvalue weighted by atomic mass is 19.2. The zero-order chi connectivity index (χ0) is 20.1. The van der Waals surface area contributed by atoms with Gasteiger partial charge in [-0.25, -0.2) is 8.78 Å². The van der Waals surface area contributed by atoms with E-state index in [-0.39, 0.29) is 11.9 Å². The lowest BCUT2D eigenvalue weighted by Gasteiger charge is -2.38. The Morgan fingerprint density at radius 1 is 1.07 bits per heavy atom. The molecule has 2 aromatic rings. The van der Waals surface area contributed by atoms with Crippen LogP contribution in [0.1, 0.15) is 44.2 Å². The summed E-state index contributed by atoms with van der Waals surface area (Å²) >= 11 is 0. The molecule has 0 N–H and O–H groups in total. The van der Waals surface area contributed by atoms with E-state index >= 15 is 0 Å². The molecule has 3 nitrogen and oxygen atoms in total. The maximum Gasteiger partial charge on any atom is 0.226 e. The van der Waals surface area contributed by atoms with Gasteiger partial charge in [0.1, 0.15) is 0 Å². The van der Waals surface area contributed by atoms with E-state index in [1.807, 2.05) is 24.0 Å². The summed E-state index contributed by atoms with van der Waals surface area (Å²) in [5.41, 5.74) is 2.58. The fourth-order valence-corrected chi connectivity index (χ4v) is 3.87. The predicted octanol–water partition coefficient (Wildman–Crippen LogP) is 4.93. The van der Waals surface area contributed by atoms with E-state index in [0.717, 1.165) is 44.1 Å². The Bertz CT molecular complexity index is 799. The van der Waals surface area contributed by atoms with Gasteiger partial charge < -0.3 is 4.90 Å². The lowest BCUT2D eigenvalue weighted by molar-refractivity contribution is -0.119. The van der Waals surface area contributed by atoms with Crippen molar-refractivity contribution in [1.29, 1.82) is 0 Å². The summed E-state index contributed by atoms with van der Waals surface area (Å²) in [6, 6.07) is 12.7. The Morgan fingerprint density at radius 3 is 2.36 bits per heavy atom. The SMILES string of the molecule is CCC(=O)N(c1ccc(CC)cc1)C1CCN(Cc2cccc(F)c2F)CC1. The second kappa shape index (κ2) is 9.28. The van der Waals surface area contributed by atoms with E-state index < -0.39 is 11.6 Å². The van der Waals surface area contributed by atoms with Crippen molar-refractivity contribution in [2.24, 2.45) is 0 Å². The standard InChI is InChI=1S/C23H28F2N2O/c1-3-17-8-10-19(11-9-17)27(22(28)4-2)20-12-14-26(15-13-20)16-18-6-5-7-21(24)23(18)25/h5-11,20H,3-4,12-16H2,1-2H3. The van der Waals surface area contributed by atoms with Crippen molar-refractivity contribution in [3.63, 3.8) is 0 Å². The first-order valence-electron chi connectivity index (χ1n) is 10.1. The number of piperidine rings is 1. The van der Waals surface area contributed by atoms with Crippen molar-refractivity contribution in [2.75, 3.05) is 18.0 Å². The van der Waals surface area contributed by atoms with Gasteiger partial charge in [-0.1, -0.05) is 38.1 Å². The molecule has 1 aliphatic rings. The molecule has 2 aromatic carbocycles. The number of benzene rings is 2. The van der Waals surface area contributed by atoms with E-state index in [4.69, 9.17) is 0 Å². The summed E-state index contributed by atoms with van der Waals surface area (Å²) < 4.78 is 27.4. The second-order valence-corrected chi connectivity index (χ2v) is 7.36. The number of anilines is 1. The van der Waals surface area contributed by atoms with E-state index in [1.165, 1.54) is 5.56 Å². The van der Waals surface area contributed by atoms with Crippen LogP contribution in [0.2, 0.25) is 0 Å². The van der Waals surface area contributed by atoms with Crippen LogP contribution in [0, 0.1) is 11.6 Å². The highest BCUT2D eigenvalue weighted by Crippen LogP contribution is 2.26. The molecule has 1 fully saturated rings. The summed E-state index contributed by atoms with van der Waals surface area (Å²) in [7, 11) is 0. The largest absolute Gasteiger partial charge is 0.309 e. The number of nitrogens with zero attached hydrogens (tertiary/aromatic N) is 2. The van der Waals surface area contributed by atoms with Crippen LogP contribution in [0.25, 0.3) is 0 Å². The number of halogens is 2. The summed E-state index contributed by atoms with van der Waals surface area (Å²) in [6.07, 6.45) is 3.07. The number of likely N-dealkylation sites (tertiary alicyclic amines) is 1. The smallest absolute Gasteiger partial charge is 0.226 e. The van der Waals surface area contributed by atoms with Crippen LogP contribution in [0.4, 0.5) is 14.5 Å². The minimum absolute atomic E-state index is 0.124. The number of carbonyl (C=O) groups excluding carboxylic acids is 1. The topological polar surface area (TPSA) is 23.6 Å². The lowest BCUT2D eigenvalue weighted by Crippen LogP contribution is -2.47. The molecule has 5 heteroatoms. The first kappa shape index (κ1) is 20.5. The molecule has 1 aliphatic heterocycles. The van der Waals surface area contributed by atoms with Crippen molar-refractivity contribution in [3.8, 4) is 0 Å². The molecule has 0 aromatic heterocycles. The van der Waals surface area contributed by atoms with Gasteiger partial charge in [-0.05, 0) is 43.0 Å². The molecule has 0 atom stereocenters. The van der Waals surface area contributed by atoms with Gasteiger partial charge in [0.2, 0.25) is 5.91 Å². The van der Waals surface area contributed by atoms with Gasteiger partial charge >= 0.3 is 0 Å². The second-order valence-electron chi connectivity index (χ2n) is 7.36. The zero-order valence-corrected chi connectivity index (χ0v) is 16.6. The molecule has 1 saturated heterocycles. The Labute approximate surface area is 166 Å².